The van der Waals surface area contributed by atoms with E-state index in [1.807, 2.05) is 12.1 Å². The highest BCUT2D eigenvalue weighted by Gasteiger charge is 2.14. The molecule has 1 N–H and O–H groups in total. The number of hydrazone groups is 1. The number of rotatable bonds is 4. The van der Waals surface area contributed by atoms with Gasteiger partial charge in [0.15, 0.2) is 23.0 Å². The van der Waals surface area contributed by atoms with Crippen molar-refractivity contribution in [1.82, 2.24) is 5.43 Å². The van der Waals surface area contributed by atoms with Crippen molar-refractivity contribution in [1.29, 1.82) is 0 Å². The van der Waals surface area contributed by atoms with Gasteiger partial charge in [0.05, 0.1) is 12.6 Å². The molecular formula is C17H14N2O5. The average molecular weight is 326 g/mol. The van der Waals surface area contributed by atoms with E-state index < -0.39 is 0 Å². The number of ether oxygens (including phenoxy) is 4. The smallest absolute Gasteiger partial charge is 0.244 e. The first kappa shape index (κ1) is 14.4. The zero-order chi connectivity index (χ0) is 16.4. The molecule has 0 saturated heterocycles. The molecule has 2 aromatic carbocycles. The Morgan fingerprint density at radius 1 is 0.958 bits per heavy atom. The number of benzene rings is 2. The van der Waals surface area contributed by atoms with Gasteiger partial charge in [-0.1, -0.05) is 6.07 Å². The molecule has 0 saturated carbocycles. The van der Waals surface area contributed by atoms with E-state index in [-0.39, 0.29) is 25.9 Å². The highest BCUT2D eigenvalue weighted by atomic mass is 16.7. The summed E-state index contributed by atoms with van der Waals surface area (Å²) in [4.78, 5) is 11.9. The molecule has 0 spiro atoms. The van der Waals surface area contributed by atoms with Crippen LogP contribution in [0.2, 0.25) is 0 Å². The summed E-state index contributed by atoms with van der Waals surface area (Å²) in [7, 11) is 0. The lowest BCUT2D eigenvalue weighted by atomic mass is 10.1. The maximum absolute atomic E-state index is 11.9. The third-order valence-corrected chi connectivity index (χ3v) is 3.60. The monoisotopic (exact) mass is 326 g/mol. The Morgan fingerprint density at radius 2 is 1.62 bits per heavy atom. The summed E-state index contributed by atoms with van der Waals surface area (Å²) < 4.78 is 21.1. The van der Waals surface area contributed by atoms with Gasteiger partial charge in [0, 0.05) is 0 Å². The third kappa shape index (κ3) is 2.96. The molecule has 0 aromatic heterocycles. The largest absolute Gasteiger partial charge is 0.454 e. The van der Waals surface area contributed by atoms with Crippen LogP contribution in [0.4, 0.5) is 0 Å². The standard InChI is InChI=1S/C17H14N2O5/c20-17(7-11-1-3-13-15(5-11)23-9-21-13)19-18-8-12-2-4-14-16(6-12)24-10-22-14/h1-6,8H,7,9-10H2,(H,19,20)/b18-8-. The van der Waals surface area contributed by atoms with Crippen molar-refractivity contribution in [2.24, 2.45) is 5.10 Å². The molecule has 2 aliphatic heterocycles. The molecule has 2 heterocycles. The number of nitrogens with one attached hydrogen (secondary N) is 1. The van der Waals surface area contributed by atoms with Crippen molar-refractivity contribution >= 4 is 12.1 Å². The molecule has 24 heavy (non-hydrogen) atoms. The summed E-state index contributed by atoms with van der Waals surface area (Å²) in [6, 6.07) is 10.9. The van der Waals surface area contributed by atoms with Crippen molar-refractivity contribution in [3.63, 3.8) is 0 Å². The molecule has 0 radical (unpaired) electrons. The van der Waals surface area contributed by atoms with Crippen LogP contribution in [0.25, 0.3) is 0 Å². The van der Waals surface area contributed by atoms with Crippen LogP contribution in [-0.2, 0) is 11.2 Å². The minimum Gasteiger partial charge on any atom is -0.454 e. The van der Waals surface area contributed by atoms with Crippen LogP contribution in [0.1, 0.15) is 11.1 Å². The number of nitrogens with zero attached hydrogens (tertiary/aromatic N) is 1. The van der Waals surface area contributed by atoms with Gasteiger partial charge in [-0.15, -0.1) is 0 Å². The molecule has 7 nitrogen and oxygen atoms in total. The topological polar surface area (TPSA) is 78.4 Å². The number of amides is 1. The third-order valence-electron chi connectivity index (χ3n) is 3.60. The maximum atomic E-state index is 11.9. The molecule has 0 bridgehead atoms. The maximum Gasteiger partial charge on any atom is 0.244 e. The first-order chi connectivity index (χ1) is 11.8. The Kier molecular flexibility index (Phi) is 3.66. The van der Waals surface area contributed by atoms with Crippen LogP contribution in [0.15, 0.2) is 41.5 Å². The summed E-state index contributed by atoms with van der Waals surface area (Å²) in [6.07, 6.45) is 1.76. The minimum absolute atomic E-state index is 0.203. The Balaban J connectivity index is 1.34. The molecule has 2 aromatic rings. The number of hydrogen-bond acceptors (Lipinski definition) is 6. The van der Waals surface area contributed by atoms with Gasteiger partial charge in [0.1, 0.15) is 0 Å². The van der Waals surface area contributed by atoms with E-state index in [9.17, 15) is 4.79 Å². The van der Waals surface area contributed by atoms with Crippen molar-refractivity contribution in [3.8, 4) is 23.0 Å². The summed E-state index contributed by atoms with van der Waals surface area (Å²) in [5.74, 6) is 2.51. The molecule has 1 amide bonds. The number of carbonyl (C=O) groups is 1. The van der Waals surface area contributed by atoms with E-state index in [0.717, 1.165) is 11.1 Å². The van der Waals surface area contributed by atoms with Crippen molar-refractivity contribution in [3.05, 3.63) is 47.5 Å². The molecular weight excluding hydrogens is 312 g/mol. The van der Waals surface area contributed by atoms with Gasteiger partial charge in [-0.25, -0.2) is 5.43 Å². The van der Waals surface area contributed by atoms with Gasteiger partial charge in [0.25, 0.3) is 0 Å². The number of carbonyl (C=O) groups excluding carboxylic acids is 1. The summed E-state index contributed by atoms with van der Waals surface area (Å²) in [5, 5.41) is 3.96. The first-order valence-electron chi connectivity index (χ1n) is 7.38. The fourth-order valence-electron chi connectivity index (χ4n) is 2.45. The zero-order valence-corrected chi connectivity index (χ0v) is 12.7. The Hall–Kier alpha value is -3.22. The zero-order valence-electron chi connectivity index (χ0n) is 12.7. The molecule has 2 aliphatic rings. The predicted octanol–water partition coefficient (Wildman–Crippen LogP) is 1.84. The first-order valence-corrected chi connectivity index (χ1v) is 7.38. The molecule has 4 rings (SSSR count). The fraction of sp³-hybridized carbons (Fsp3) is 0.176. The van der Waals surface area contributed by atoms with Gasteiger partial charge in [-0.05, 0) is 41.5 Å². The number of fused-ring (bicyclic) bond motifs is 2. The highest BCUT2D eigenvalue weighted by Crippen LogP contribution is 2.33. The second-order valence-corrected chi connectivity index (χ2v) is 5.27. The van der Waals surface area contributed by atoms with Crippen LogP contribution in [-0.4, -0.2) is 25.7 Å². The summed E-state index contributed by atoms with van der Waals surface area (Å²) in [5.41, 5.74) is 4.14. The summed E-state index contributed by atoms with van der Waals surface area (Å²) >= 11 is 0. The van der Waals surface area contributed by atoms with E-state index in [1.54, 1.807) is 30.5 Å². The van der Waals surface area contributed by atoms with Crippen LogP contribution >= 0.6 is 0 Å². The van der Waals surface area contributed by atoms with Crippen LogP contribution in [0.5, 0.6) is 23.0 Å². The lowest BCUT2D eigenvalue weighted by Crippen LogP contribution is -2.19. The Labute approximate surface area is 137 Å². The molecule has 0 fully saturated rings. The van der Waals surface area contributed by atoms with Gasteiger partial charge in [-0.3, -0.25) is 4.79 Å². The van der Waals surface area contributed by atoms with Crippen LogP contribution in [0.3, 0.4) is 0 Å². The van der Waals surface area contributed by atoms with Crippen molar-refractivity contribution < 1.29 is 23.7 Å². The number of hydrogen-bond donors (Lipinski definition) is 1. The van der Waals surface area contributed by atoms with Crippen molar-refractivity contribution in [2.75, 3.05) is 13.6 Å². The van der Waals surface area contributed by atoms with E-state index >= 15 is 0 Å². The molecule has 122 valence electrons. The quantitative estimate of drug-likeness (QED) is 0.685. The van der Waals surface area contributed by atoms with E-state index in [2.05, 4.69) is 10.5 Å². The summed E-state index contributed by atoms with van der Waals surface area (Å²) in [6.45, 7) is 0.438. The lowest BCUT2D eigenvalue weighted by molar-refractivity contribution is -0.120. The molecule has 7 heteroatoms. The Bertz CT molecular complexity index is 819. The minimum atomic E-state index is -0.217. The normalized spacial score (nSPS) is 14.2. The second-order valence-electron chi connectivity index (χ2n) is 5.27. The van der Waals surface area contributed by atoms with E-state index in [4.69, 9.17) is 18.9 Å². The molecule has 0 unspecified atom stereocenters. The second kappa shape index (κ2) is 6.11. The van der Waals surface area contributed by atoms with Gasteiger partial charge in [0.2, 0.25) is 19.5 Å². The molecule has 0 aliphatic carbocycles. The Morgan fingerprint density at radius 3 is 2.42 bits per heavy atom. The van der Waals surface area contributed by atoms with Gasteiger partial charge >= 0.3 is 0 Å². The van der Waals surface area contributed by atoms with Crippen molar-refractivity contribution in [2.45, 2.75) is 6.42 Å². The SMILES string of the molecule is O=C(Cc1ccc2c(c1)OCO2)N/N=C\c1ccc2c(c1)OCO2. The van der Waals surface area contributed by atoms with Crippen LogP contribution in [0, 0.1) is 0 Å². The predicted molar refractivity (Wildman–Crippen MR) is 84.6 cm³/mol. The van der Waals surface area contributed by atoms with Gasteiger partial charge in [-0.2, -0.15) is 5.10 Å². The van der Waals surface area contributed by atoms with E-state index in [1.165, 1.54) is 0 Å². The molecule has 0 atom stereocenters. The average Bonchev–Trinajstić information content (AvgIpc) is 3.22. The van der Waals surface area contributed by atoms with Gasteiger partial charge < -0.3 is 18.9 Å². The fourth-order valence-corrected chi connectivity index (χ4v) is 2.45. The van der Waals surface area contributed by atoms with E-state index in [0.29, 0.717) is 23.0 Å². The highest BCUT2D eigenvalue weighted by molar-refractivity contribution is 5.84. The lowest BCUT2D eigenvalue weighted by Gasteiger charge is -2.02. The van der Waals surface area contributed by atoms with Crippen LogP contribution < -0.4 is 24.4 Å².